The van der Waals surface area contributed by atoms with Crippen LogP contribution in [-0.4, -0.2) is 54.6 Å². The first-order valence-corrected chi connectivity index (χ1v) is 8.81. The molecule has 6 nitrogen and oxygen atoms in total. The van der Waals surface area contributed by atoms with Crippen LogP contribution < -0.4 is 16.4 Å². The Kier molecular flexibility index (Phi) is 5.02. The molecule has 0 bridgehead atoms. The van der Waals surface area contributed by atoms with Gasteiger partial charge in [0.1, 0.15) is 5.82 Å². The first-order valence-electron chi connectivity index (χ1n) is 8.81. The molecule has 0 unspecified atom stereocenters. The number of nitrogens with zero attached hydrogens (tertiary/aromatic N) is 4. The standard InChI is InChI=1S/C17H30N6/c1-22(2)6-3-12-4-7-23(8-5-12)16-11-15(20-17(19)21-16)13-9-14(18)10-13/h11-14H,3-10,18H2,1-2H3,(H2,19,20,21). The Morgan fingerprint density at radius 3 is 2.52 bits per heavy atom. The highest BCUT2D eigenvalue weighted by atomic mass is 15.2. The number of aromatic nitrogens is 2. The predicted molar refractivity (Wildman–Crippen MR) is 94.5 cm³/mol. The third kappa shape index (κ3) is 4.12. The average molecular weight is 318 g/mol. The molecule has 128 valence electrons. The van der Waals surface area contributed by atoms with Gasteiger partial charge in [-0.2, -0.15) is 4.98 Å². The van der Waals surface area contributed by atoms with Gasteiger partial charge in [0.25, 0.3) is 0 Å². The Bertz CT molecular complexity index is 518. The van der Waals surface area contributed by atoms with Crippen LogP contribution in [0.2, 0.25) is 0 Å². The van der Waals surface area contributed by atoms with E-state index in [1.165, 1.54) is 25.8 Å². The van der Waals surface area contributed by atoms with Gasteiger partial charge in [0, 0.05) is 31.1 Å². The average Bonchev–Trinajstić information content (AvgIpc) is 2.49. The topological polar surface area (TPSA) is 84.3 Å². The maximum atomic E-state index is 5.94. The van der Waals surface area contributed by atoms with E-state index in [0.717, 1.165) is 43.4 Å². The second kappa shape index (κ2) is 7.01. The van der Waals surface area contributed by atoms with Crippen molar-refractivity contribution in [3.8, 4) is 0 Å². The van der Waals surface area contributed by atoms with E-state index in [0.29, 0.717) is 17.9 Å². The molecule has 2 fully saturated rings. The molecule has 1 saturated carbocycles. The number of anilines is 2. The zero-order valence-electron chi connectivity index (χ0n) is 14.4. The van der Waals surface area contributed by atoms with Crippen molar-refractivity contribution in [3.05, 3.63) is 11.8 Å². The van der Waals surface area contributed by atoms with Gasteiger partial charge in [0.15, 0.2) is 0 Å². The minimum atomic E-state index is 0.326. The normalized spacial score (nSPS) is 25.7. The summed E-state index contributed by atoms with van der Waals surface area (Å²) in [6.07, 6.45) is 5.80. The van der Waals surface area contributed by atoms with E-state index in [2.05, 4.69) is 39.9 Å². The number of rotatable bonds is 5. The SMILES string of the molecule is CN(C)CCC1CCN(c2cc(C3CC(N)C3)nc(N)n2)CC1. The Morgan fingerprint density at radius 2 is 1.91 bits per heavy atom. The summed E-state index contributed by atoms with van der Waals surface area (Å²) >= 11 is 0. The molecular formula is C17H30N6. The monoisotopic (exact) mass is 318 g/mol. The lowest BCUT2D eigenvalue weighted by Crippen LogP contribution is -2.37. The lowest BCUT2D eigenvalue weighted by atomic mass is 9.78. The molecule has 1 aromatic heterocycles. The molecule has 4 N–H and O–H groups in total. The van der Waals surface area contributed by atoms with Crippen molar-refractivity contribution in [2.45, 2.75) is 44.1 Å². The summed E-state index contributed by atoms with van der Waals surface area (Å²) < 4.78 is 0. The van der Waals surface area contributed by atoms with Crippen molar-refractivity contribution in [2.24, 2.45) is 11.7 Å². The van der Waals surface area contributed by atoms with Gasteiger partial charge in [0.2, 0.25) is 5.95 Å². The van der Waals surface area contributed by atoms with Crippen LogP contribution in [-0.2, 0) is 0 Å². The zero-order chi connectivity index (χ0) is 16.4. The minimum absolute atomic E-state index is 0.326. The van der Waals surface area contributed by atoms with Gasteiger partial charge < -0.3 is 21.3 Å². The highest BCUT2D eigenvalue weighted by molar-refractivity contribution is 5.45. The predicted octanol–water partition coefficient (Wildman–Crippen LogP) is 1.43. The summed E-state index contributed by atoms with van der Waals surface area (Å²) in [5.41, 5.74) is 12.9. The Morgan fingerprint density at radius 1 is 1.22 bits per heavy atom. The molecule has 2 aliphatic rings. The molecule has 3 rings (SSSR count). The van der Waals surface area contributed by atoms with Crippen LogP contribution in [0.5, 0.6) is 0 Å². The van der Waals surface area contributed by atoms with E-state index in [9.17, 15) is 0 Å². The van der Waals surface area contributed by atoms with Gasteiger partial charge in [0.05, 0.1) is 5.69 Å². The van der Waals surface area contributed by atoms with Crippen LogP contribution >= 0.6 is 0 Å². The van der Waals surface area contributed by atoms with Crippen LogP contribution in [0.15, 0.2) is 6.07 Å². The summed E-state index contributed by atoms with van der Waals surface area (Å²) in [6, 6.07) is 2.46. The van der Waals surface area contributed by atoms with E-state index in [4.69, 9.17) is 11.5 Å². The molecule has 1 aliphatic carbocycles. The third-order valence-corrected chi connectivity index (χ3v) is 5.27. The summed E-state index contributed by atoms with van der Waals surface area (Å²) in [4.78, 5) is 13.5. The van der Waals surface area contributed by atoms with Crippen molar-refractivity contribution in [3.63, 3.8) is 0 Å². The Labute approximate surface area is 139 Å². The van der Waals surface area contributed by atoms with Gasteiger partial charge in [-0.05, 0) is 58.7 Å². The van der Waals surface area contributed by atoms with E-state index >= 15 is 0 Å². The van der Waals surface area contributed by atoms with Crippen LogP contribution in [0, 0.1) is 5.92 Å². The lowest BCUT2D eigenvalue weighted by Gasteiger charge is -2.35. The minimum Gasteiger partial charge on any atom is -0.368 e. The van der Waals surface area contributed by atoms with Crippen molar-refractivity contribution in [2.75, 3.05) is 44.4 Å². The van der Waals surface area contributed by atoms with Gasteiger partial charge >= 0.3 is 0 Å². The molecule has 0 amide bonds. The number of nitrogens with two attached hydrogens (primary N) is 2. The summed E-state index contributed by atoms with van der Waals surface area (Å²) in [5.74, 6) is 2.69. The molecule has 0 radical (unpaired) electrons. The van der Waals surface area contributed by atoms with Crippen LogP contribution in [0.25, 0.3) is 0 Å². The van der Waals surface area contributed by atoms with Crippen LogP contribution in [0.3, 0.4) is 0 Å². The fourth-order valence-corrected chi connectivity index (χ4v) is 3.64. The molecule has 0 aromatic carbocycles. The Hall–Kier alpha value is -1.40. The number of piperidine rings is 1. The molecule has 1 saturated heterocycles. The van der Waals surface area contributed by atoms with Crippen molar-refractivity contribution in [1.82, 2.24) is 14.9 Å². The maximum Gasteiger partial charge on any atom is 0.222 e. The van der Waals surface area contributed by atoms with Gasteiger partial charge in [-0.1, -0.05) is 0 Å². The first-order chi connectivity index (χ1) is 11.0. The second-order valence-electron chi connectivity index (χ2n) is 7.46. The Balaban J connectivity index is 1.59. The van der Waals surface area contributed by atoms with Gasteiger partial charge in [-0.15, -0.1) is 0 Å². The quantitative estimate of drug-likeness (QED) is 0.854. The fourth-order valence-electron chi connectivity index (χ4n) is 3.64. The van der Waals surface area contributed by atoms with Gasteiger partial charge in [-0.3, -0.25) is 0 Å². The van der Waals surface area contributed by atoms with E-state index in [-0.39, 0.29) is 0 Å². The molecule has 23 heavy (non-hydrogen) atoms. The molecule has 2 heterocycles. The summed E-state index contributed by atoms with van der Waals surface area (Å²) in [5, 5.41) is 0. The van der Waals surface area contributed by atoms with Crippen molar-refractivity contribution < 1.29 is 0 Å². The molecule has 1 aromatic rings. The highest BCUT2D eigenvalue weighted by Gasteiger charge is 2.30. The molecule has 0 spiro atoms. The highest BCUT2D eigenvalue weighted by Crippen LogP contribution is 2.36. The maximum absolute atomic E-state index is 5.94. The third-order valence-electron chi connectivity index (χ3n) is 5.27. The van der Waals surface area contributed by atoms with E-state index in [1.807, 2.05) is 0 Å². The van der Waals surface area contributed by atoms with Crippen molar-refractivity contribution >= 4 is 11.8 Å². The van der Waals surface area contributed by atoms with Crippen molar-refractivity contribution in [1.29, 1.82) is 0 Å². The first kappa shape index (κ1) is 16.5. The zero-order valence-corrected chi connectivity index (χ0v) is 14.4. The van der Waals surface area contributed by atoms with Crippen LogP contribution in [0.1, 0.15) is 43.7 Å². The summed E-state index contributed by atoms with van der Waals surface area (Å²) in [7, 11) is 4.29. The van der Waals surface area contributed by atoms with Crippen LogP contribution in [0.4, 0.5) is 11.8 Å². The smallest absolute Gasteiger partial charge is 0.222 e. The van der Waals surface area contributed by atoms with E-state index in [1.54, 1.807) is 0 Å². The fraction of sp³-hybridized carbons (Fsp3) is 0.765. The van der Waals surface area contributed by atoms with E-state index < -0.39 is 0 Å². The summed E-state index contributed by atoms with van der Waals surface area (Å²) in [6.45, 7) is 3.31. The molecule has 0 atom stereocenters. The number of hydrogen-bond acceptors (Lipinski definition) is 6. The number of hydrogen-bond donors (Lipinski definition) is 2. The molecule has 1 aliphatic heterocycles. The lowest BCUT2D eigenvalue weighted by molar-refractivity contribution is 0.312. The number of nitrogen functional groups attached to an aromatic ring is 1. The second-order valence-corrected chi connectivity index (χ2v) is 7.46. The molecular weight excluding hydrogens is 288 g/mol. The largest absolute Gasteiger partial charge is 0.368 e. The van der Waals surface area contributed by atoms with Gasteiger partial charge in [-0.25, -0.2) is 4.98 Å². The molecule has 6 heteroatoms.